The maximum atomic E-state index is 13.6. The van der Waals surface area contributed by atoms with Gasteiger partial charge < -0.3 is 57.2 Å². The zero-order chi connectivity index (χ0) is 48.6. The standard InChI is InChI=1S/C43H80N12O10/c1-7-13-15-17-19-21-27-44-31(56)29-53(30-32(57)45-28-22-20-18-16-14-8-2)41-50-42(54(37(62)33(58)46-23-9-3)38(63)34(59)47-24-10-4)52-43(51-41)55(39(64)35(60)48-25-11-5)40(65)36(61)49-26-12-6/h37-40,62-65H,7-30H2,1-6H3,(H,44,56)(H,45,57)(H,46,58)(H,47,59)(H,48,60)(H,49,61). The molecule has 4 atom stereocenters. The van der Waals surface area contributed by atoms with Crippen molar-refractivity contribution in [1.29, 1.82) is 0 Å². The van der Waals surface area contributed by atoms with E-state index in [0.717, 1.165) is 69.1 Å². The van der Waals surface area contributed by atoms with Crippen LogP contribution in [0.25, 0.3) is 0 Å². The molecule has 0 radical (unpaired) electrons. The lowest BCUT2D eigenvalue weighted by molar-refractivity contribution is -0.136. The Bertz CT molecular complexity index is 1400. The molecule has 372 valence electrons. The zero-order valence-corrected chi connectivity index (χ0v) is 39.7. The summed E-state index contributed by atoms with van der Waals surface area (Å²) >= 11 is 0. The topological polar surface area (TPSA) is 304 Å². The van der Waals surface area contributed by atoms with Crippen molar-refractivity contribution in [3.05, 3.63) is 0 Å². The number of rotatable bonds is 37. The number of aliphatic hydroxyl groups excluding tert-OH is 4. The average Bonchev–Trinajstić information content (AvgIpc) is 3.29. The van der Waals surface area contributed by atoms with E-state index in [-0.39, 0.29) is 26.2 Å². The Hall–Kier alpha value is -4.93. The van der Waals surface area contributed by atoms with Crippen molar-refractivity contribution in [2.75, 3.05) is 67.1 Å². The molecule has 1 rings (SSSR count). The fraction of sp³-hybridized carbons (Fsp3) is 0.791. The van der Waals surface area contributed by atoms with Gasteiger partial charge in [0.2, 0.25) is 54.6 Å². The Morgan fingerprint density at radius 2 is 0.662 bits per heavy atom. The van der Waals surface area contributed by atoms with Crippen molar-refractivity contribution in [1.82, 2.24) is 46.9 Å². The number of amides is 6. The van der Waals surface area contributed by atoms with E-state index in [1.807, 2.05) is 0 Å². The number of hydrogen-bond acceptors (Lipinski definition) is 16. The second-order valence-corrected chi connectivity index (χ2v) is 15.8. The summed E-state index contributed by atoms with van der Waals surface area (Å²) in [6.07, 6.45) is 3.87. The molecule has 0 aliphatic heterocycles. The quantitative estimate of drug-likeness (QED) is 0.0323. The fourth-order valence-electron chi connectivity index (χ4n) is 6.21. The van der Waals surface area contributed by atoms with E-state index in [1.165, 1.54) is 0 Å². The highest BCUT2D eigenvalue weighted by Gasteiger charge is 2.40. The summed E-state index contributed by atoms with van der Waals surface area (Å²) in [5.41, 5.74) is 0. The molecular formula is C43H80N12O10. The van der Waals surface area contributed by atoms with E-state index in [4.69, 9.17) is 0 Å². The van der Waals surface area contributed by atoms with Gasteiger partial charge >= 0.3 is 0 Å². The molecule has 10 N–H and O–H groups in total. The number of unbranched alkanes of at least 4 members (excludes halogenated alkanes) is 10. The van der Waals surface area contributed by atoms with E-state index in [1.54, 1.807) is 27.7 Å². The van der Waals surface area contributed by atoms with Gasteiger partial charge in [0.25, 0.3) is 23.6 Å². The molecule has 0 aliphatic carbocycles. The lowest BCUT2D eigenvalue weighted by atomic mass is 10.1. The lowest BCUT2D eigenvalue weighted by Gasteiger charge is -2.34. The van der Waals surface area contributed by atoms with Crippen LogP contribution < -0.4 is 46.6 Å². The van der Waals surface area contributed by atoms with Gasteiger partial charge in [0.05, 0.1) is 0 Å². The number of hydrogen-bond donors (Lipinski definition) is 10. The van der Waals surface area contributed by atoms with Gasteiger partial charge in [-0.15, -0.1) is 0 Å². The first-order valence-electron chi connectivity index (χ1n) is 23.7. The molecule has 0 bridgehead atoms. The summed E-state index contributed by atoms with van der Waals surface area (Å²) in [7, 11) is 0. The molecule has 4 unspecified atom stereocenters. The summed E-state index contributed by atoms with van der Waals surface area (Å²) < 4.78 is 0. The minimum absolute atomic E-state index is 0.0803. The smallest absolute Gasteiger partial charge is 0.270 e. The lowest BCUT2D eigenvalue weighted by Crippen LogP contribution is -2.58. The summed E-state index contributed by atoms with van der Waals surface area (Å²) in [5.74, 6) is -7.73. The maximum Gasteiger partial charge on any atom is 0.270 e. The third-order valence-corrected chi connectivity index (χ3v) is 9.91. The number of nitrogens with one attached hydrogen (secondary N) is 6. The highest BCUT2D eigenvalue weighted by Crippen LogP contribution is 2.25. The summed E-state index contributed by atoms with van der Waals surface area (Å²) in [4.78, 5) is 95.6. The number of aliphatic hydroxyl groups is 4. The van der Waals surface area contributed by atoms with Gasteiger partial charge in [0.1, 0.15) is 13.1 Å². The predicted octanol–water partition coefficient (Wildman–Crippen LogP) is 0.623. The Kier molecular flexibility index (Phi) is 30.8. The molecule has 22 nitrogen and oxygen atoms in total. The monoisotopic (exact) mass is 925 g/mol. The van der Waals surface area contributed by atoms with Crippen molar-refractivity contribution in [2.45, 2.75) is 169 Å². The third kappa shape index (κ3) is 22.2. The van der Waals surface area contributed by atoms with Crippen LogP contribution in [0.2, 0.25) is 0 Å². The highest BCUT2D eigenvalue weighted by atomic mass is 16.4. The first-order chi connectivity index (χ1) is 31.2. The molecule has 1 aromatic heterocycles. The van der Waals surface area contributed by atoms with Crippen molar-refractivity contribution in [3.8, 4) is 0 Å². The minimum atomic E-state index is -2.38. The number of nitrogens with zero attached hydrogens (tertiary/aromatic N) is 6. The number of carbonyl (C=O) groups excluding carboxylic acids is 6. The molecule has 0 saturated carbocycles. The van der Waals surface area contributed by atoms with Crippen LogP contribution in [0.1, 0.15) is 144 Å². The van der Waals surface area contributed by atoms with E-state index in [0.29, 0.717) is 61.4 Å². The molecule has 65 heavy (non-hydrogen) atoms. The molecular weight excluding hydrogens is 845 g/mol. The normalized spacial score (nSPS) is 12.8. The Morgan fingerprint density at radius 1 is 0.385 bits per heavy atom. The number of anilines is 3. The van der Waals surface area contributed by atoms with Crippen molar-refractivity contribution >= 4 is 53.3 Å². The van der Waals surface area contributed by atoms with Crippen LogP contribution >= 0.6 is 0 Å². The fourth-order valence-corrected chi connectivity index (χ4v) is 6.21. The van der Waals surface area contributed by atoms with Gasteiger partial charge in [-0.2, -0.15) is 15.0 Å². The third-order valence-electron chi connectivity index (χ3n) is 9.91. The second kappa shape index (κ2) is 34.4. The van der Waals surface area contributed by atoms with Gasteiger partial charge in [-0.05, 0) is 38.5 Å². The van der Waals surface area contributed by atoms with Crippen LogP contribution in [0, 0.1) is 0 Å². The van der Waals surface area contributed by atoms with Crippen LogP contribution in [0.3, 0.4) is 0 Å². The minimum Gasteiger partial charge on any atom is -0.365 e. The summed E-state index contributed by atoms with van der Waals surface area (Å²) in [6, 6.07) is 0. The Morgan fingerprint density at radius 3 is 0.954 bits per heavy atom. The Labute approximate surface area is 384 Å². The molecule has 0 saturated heterocycles. The van der Waals surface area contributed by atoms with Gasteiger partial charge in [-0.25, -0.2) is 0 Å². The molecule has 0 fully saturated rings. The maximum absolute atomic E-state index is 13.6. The van der Waals surface area contributed by atoms with Gasteiger partial charge in [0.15, 0.2) is 0 Å². The molecule has 0 spiro atoms. The zero-order valence-electron chi connectivity index (χ0n) is 39.7. The van der Waals surface area contributed by atoms with Gasteiger partial charge in [-0.1, -0.05) is 106 Å². The Balaban J connectivity index is 4.15. The van der Waals surface area contributed by atoms with Gasteiger partial charge in [0, 0.05) is 39.3 Å². The van der Waals surface area contributed by atoms with E-state index in [9.17, 15) is 49.2 Å². The molecule has 6 amide bonds. The summed E-state index contributed by atoms with van der Waals surface area (Å²) in [6.45, 7) is 11.1. The van der Waals surface area contributed by atoms with Crippen molar-refractivity contribution < 1.29 is 49.2 Å². The van der Waals surface area contributed by atoms with Gasteiger partial charge in [-0.3, -0.25) is 38.6 Å². The van der Waals surface area contributed by atoms with E-state index >= 15 is 0 Å². The first-order valence-corrected chi connectivity index (χ1v) is 23.7. The van der Waals surface area contributed by atoms with Crippen LogP contribution in [-0.2, 0) is 28.8 Å². The first kappa shape index (κ1) is 58.1. The van der Waals surface area contributed by atoms with Crippen LogP contribution in [0.5, 0.6) is 0 Å². The number of aromatic nitrogens is 3. The SMILES string of the molecule is CCCCCCCCNC(=O)CN(CC(=O)NCCCCCCCC)c1nc(N(C(O)C(=O)NCCC)C(O)C(=O)NCCC)nc(N(C(O)C(=O)NCCC)C(O)C(=O)NCCC)n1. The average molecular weight is 925 g/mol. The molecule has 0 aromatic carbocycles. The molecule has 1 heterocycles. The van der Waals surface area contributed by atoms with E-state index < -0.39 is 91.3 Å². The van der Waals surface area contributed by atoms with Crippen LogP contribution in [-0.4, -0.2) is 148 Å². The van der Waals surface area contributed by atoms with Crippen LogP contribution in [0.4, 0.5) is 17.8 Å². The van der Waals surface area contributed by atoms with Crippen molar-refractivity contribution in [2.24, 2.45) is 0 Å². The van der Waals surface area contributed by atoms with E-state index in [2.05, 4.69) is 60.7 Å². The molecule has 0 aliphatic rings. The molecule has 22 heteroatoms. The van der Waals surface area contributed by atoms with Crippen molar-refractivity contribution in [3.63, 3.8) is 0 Å². The largest absolute Gasteiger partial charge is 0.365 e. The highest BCUT2D eigenvalue weighted by molar-refractivity contribution is 5.90. The predicted molar refractivity (Wildman–Crippen MR) is 247 cm³/mol. The van der Waals surface area contributed by atoms with Crippen LogP contribution in [0.15, 0.2) is 0 Å². The number of carbonyl (C=O) groups is 6. The molecule has 1 aromatic rings. The summed E-state index contributed by atoms with van der Waals surface area (Å²) in [5, 5.41) is 61.6. The second-order valence-electron chi connectivity index (χ2n) is 15.8.